The molecule has 2 rings (SSSR count). The molecule has 0 aliphatic rings. The fourth-order valence-corrected chi connectivity index (χ4v) is 1.97. The minimum Gasteiger partial charge on any atom is -0.341 e. The Bertz CT molecular complexity index is 758. The van der Waals surface area contributed by atoms with Gasteiger partial charge in [0.2, 0.25) is 0 Å². The van der Waals surface area contributed by atoms with Gasteiger partial charge in [0.15, 0.2) is 0 Å². The lowest BCUT2D eigenvalue weighted by Crippen LogP contribution is -2.24. The molecule has 2 aromatic carbocycles. The third kappa shape index (κ3) is 3.70. The first kappa shape index (κ1) is 15.3. The lowest BCUT2D eigenvalue weighted by molar-refractivity contribution is -0.385. The van der Waals surface area contributed by atoms with Crippen molar-refractivity contribution in [3.63, 3.8) is 0 Å². The Morgan fingerprint density at radius 3 is 2.59 bits per heavy atom. The molecule has 110 valence electrons. The number of aryl methyl sites for hydroxylation is 1. The Hall–Kier alpha value is -3.13. The zero-order valence-corrected chi connectivity index (χ0v) is 12.0. The highest BCUT2D eigenvalue weighted by Crippen LogP contribution is 2.22. The molecule has 2 aromatic rings. The van der Waals surface area contributed by atoms with Crippen LogP contribution in [0.3, 0.4) is 0 Å². The fourth-order valence-electron chi connectivity index (χ4n) is 1.97. The van der Waals surface area contributed by atoms with Crippen molar-refractivity contribution in [1.82, 2.24) is 5.32 Å². The molecule has 0 aliphatic heterocycles. The monoisotopic (exact) mass is 294 g/mol. The first-order chi connectivity index (χ1) is 10.6. The maximum atomic E-state index is 12.1. The molecular formula is C17H14N2O3. The van der Waals surface area contributed by atoms with E-state index in [1.165, 1.54) is 6.07 Å². The van der Waals surface area contributed by atoms with Gasteiger partial charge in [-0.05, 0) is 25.1 Å². The molecule has 0 aliphatic carbocycles. The van der Waals surface area contributed by atoms with Crippen LogP contribution < -0.4 is 5.32 Å². The van der Waals surface area contributed by atoms with Crippen molar-refractivity contribution >= 4 is 11.6 Å². The molecule has 0 heterocycles. The smallest absolute Gasteiger partial charge is 0.285 e. The quantitative estimate of drug-likeness (QED) is 0.537. The highest BCUT2D eigenvalue weighted by molar-refractivity contribution is 5.98. The van der Waals surface area contributed by atoms with E-state index >= 15 is 0 Å². The van der Waals surface area contributed by atoms with E-state index in [4.69, 9.17) is 0 Å². The largest absolute Gasteiger partial charge is 0.341 e. The Morgan fingerprint density at radius 2 is 1.91 bits per heavy atom. The molecule has 0 saturated carbocycles. The van der Waals surface area contributed by atoms with Crippen molar-refractivity contribution in [2.24, 2.45) is 0 Å². The van der Waals surface area contributed by atoms with Gasteiger partial charge in [-0.2, -0.15) is 0 Å². The Morgan fingerprint density at radius 1 is 1.18 bits per heavy atom. The van der Waals surface area contributed by atoms with Crippen LogP contribution in [0, 0.1) is 28.9 Å². The average Bonchev–Trinajstić information content (AvgIpc) is 2.51. The van der Waals surface area contributed by atoms with Gasteiger partial charge in [-0.1, -0.05) is 42.2 Å². The lowest BCUT2D eigenvalue weighted by atomic mass is 10.1. The number of hydrogen-bond acceptors (Lipinski definition) is 3. The van der Waals surface area contributed by atoms with Crippen LogP contribution in [0.5, 0.6) is 0 Å². The molecule has 1 amide bonds. The normalized spacial score (nSPS) is 9.50. The lowest BCUT2D eigenvalue weighted by Gasteiger charge is -2.04. The van der Waals surface area contributed by atoms with E-state index < -0.39 is 10.8 Å². The molecule has 0 bridgehead atoms. The van der Waals surface area contributed by atoms with E-state index in [-0.39, 0.29) is 17.8 Å². The van der Waals surface area contributed by atoms with E-state index in [1.807, 2.05) is 30.3 Å². The minimum absolute atomic E-state index is 0.0477. The summed E-state index contributed by atoms with van der Waals surface area (Å²) in [6, 6.07) is 14.0. The number of nitrogens with one attached hydrogen (secondary N) is 1. The predicted octanol–water partition coefficient (Wildman–Crippen LogP) is 2.68. The number of nitro groups is 1. The summed E-state index contributed by atoms with van der Waals surface area (Å²) in [6.07, 6.45) is 0. The Kier molecular flexibility index (Phi) is 4.89. The summed E-state index contributed by atoms with van der Waals surface area (Å²) >= 11 is 0. The molecule has 0 spiro atoms. The molecule has 5 nitrogen and oxygen atoms in total. The molecule has 0 saturated heterocycles. The highest BCUT2D eigenvalue weighted by Gasteiger charge is 2.21. The van der Waals surface area contributed by atoms with Crippen LogP contribution in [0.2, 0.25) is 0 Å². The molecule has 0 atom stereocenters. The van der Waals surface area contributed by atoms with Crippen LogP contribution >= 0.6 is 0 Å². The summed E-state index contributed by atoms with van der Waals surface area (Å²) in [5, 5.41) is 13.6. The van der Waals surface area contributed by atoms with Gasteiger partial charge in [0, 0.05) is 11.1 Å². The molecule has 0 radical (unpaired) electrons. The summed E-state index contributed by atoms with van der Waals surface area (Å²) < 4.78 is 0. The standard InChI is InChI=1S/C17H14N2O3/c1-13-7-5-11-15(16(13)19(21)22)17(20)18-12-6-10-14-8-3-2-4-9-14/h2-5,7-9,11H,12H2,1H3,(H,18,20). The van der Waals surface area contributed by atoms with Gasteiger partial charge in [0.1, 0.15) is 5.56 Å². The zero-order valence-electron chi connectivity index (χ0n) is 12.0. The van der Waals surface area contributed by atoms with Crippen molar-refractivity contribution in [2.45, 2.75) is 6.92 Å². The third-order valence-electron chi connectivity index (χ3n) is 3.01. The van der Waals surface area contributed by atoms with Crippen molar-refractivity contribution in [2.75, 3.05) is 6.54 Å². The Balaban J connectivity index is 2.07. The van der Waals surface area contributed by atoms with Crippen LogP contribution in [0.1, 0.15) is 21.5 Å². The zero-order chi connectivity index (χ0) is 15.9. The van der Waals surface area contributed by atoms with Crippen molar-refractivity contribution in [3.8, 4) is 11.8 Å². The number of carbonyl (C=O) groups excluding carboxylic acids is 1. The van der Waals surface area contributed by atoms with Gasteiger partial charge in [0.25, 0.3) is 11.6 Å². The van der Waals surface area contributed by atoms with E-state index in [0.717, 1.165) is 5.56 Å². The van der Waals surface area contributed by atoms with Gasteiger partial charge in [-0.25, -0.2) is 0 Å². The maximum Gasteiger partial charge on any atom is 0.285 e. The fraction of sp³-hybridized carbons (Fsp3) is 0.118. The Labute approximate surface area is 128 Å². The predicted molar refractivity (Wildman–Crippen MR) is 83.5 cm³/mol. The third-order valence-corrected chi connectivity index (χ3v) is 3.01. The summed E-state index contributed by atoms with van der Waals surface area (Å²) in [4.78, 5) is 22.6. The second kappa shape index (κ2) is 7.04. The molecule has 0 aromatic heterocycles. The number of hydrogen-bond donors (Lipinski definition) is 1. The number of nitro benzene ring substituents is 1. The van der Waals surface area contributed by atoms with Gasteiger partial charge < -0.3 is 5.32 Å². The second-order valence-electron chi connectivity index (χ2n) is 4.58. The average molecular weight is 294 g/mol. The van der Waals surface area contributed by atoms with Crippen molar-refractivity contribution in [3.05, 3.63) is 75.3 Å². The molecule has 22 heavy (non-hydrogen) atoms. The number of nitrogens with zero attached hydrogens (tertiary/aromatic N) is 1. The number of para-hydroxylation sites is 1. The van der Waals surface area contributed by atoms with E-state index in [9.17, 15) is 14.9 Å². The van der Waals surface area contributed by atoms with Gasteiger partial charge >= 0.3 is 0 Å². The molecular weight excluding hydrogens is 280 g/mol. The van der Waals surface area contributed by atoms with Crippen LogP contribution in [0.4, 0.5) is 5.69 Å². The molecule has 5 heteroatoms. The van der Waals surface area contributed by atoms with Crippen LogP contribution in [-0.2, 0) is 0 Å². The molecule has 1 N–H and O–H groups in total. The van der Waals surface area contributed by atoms with Gasteiger partial charge in [0.05, 0.1) is 11.5 Å². The van der Waals surface area contributed by atoms with Gasteiger partial charge in [-0.15, -0.1) is 0 Å². The maximum absolute atomic E-state index is 12.1. The minimum atomic E-state index is -0.542. The molecule has 0 fully saturated rings. The number of benzene rings is 2. The van der Waals surface area contributed by atoms with E-state index in [0.29, 0.717) is 5.56 Å². The van der Waals surface area contributed by atoms with Crippen LogP contribution in [-0.4, -0.2) is 17.4 Å². The summed E-state index contributed by atoms with van der Waals surface area (Å²) in [7, 11) is 0. The van der Waals surface area contributed by atoms with Crippen LogP contribution in [0.25, 0.3) is 0 Å². The number of carbonyl (C=O) groups is 1. The topological polar surface area (TPSA) is 72.2 Å². The number of rotatable bonds is 3. The van der Waals surface area contributed by atoms with Gasteiger partial charge in [-0.3, -0.25) is 14.9 Å². The summed E-state index contributed by atoms with van der Waals surface area (Å²) in [5.74, 6) is 5.21. The highest BCUT2D eigenvalue weighted by atomic mass is 16.6. The summed E-state index contributed by atoms with van der Waals surface area (Å²) in [5.41, 5.74) is 1.17. The molecule has 0 unspecified atom stereocenters. The van der Waals surface area contributed by atoms with Crippen LogP contribution in [0.15, 0.2) is 48.5 Å². The van der Waals surface area contributed by atoms with Crippen molar-refractivity contribution in [1.29, 1.82) is 0 Å². The SMILES string of the molecule is Cc1cccc(C(=O)NCC#Cc2ccccc2)c1[N+](=O)[O-]. The first-order valence-electron chi connectivity index (χ1n) is 6.65. The van der Waals surface area contributed by atoms with E-state index in [1.54, 1.807) is 19.1 Å². The van der Waals surface area contributed by atoms with Crippen molar-refractivity contribution < 1.29 is 9.72 Å². The summed E-state index contributed by atoms with van der Waals surface area (Å²) in [6.45, 7) is 1.73. The van der Waals surface area contributed by atoms with E-state index in [2.05, 4.69) is 17.2 Å². The number of amides is 1. The second-order valence-corrected chi connectivity index (χ2v) is 4.58. The first-order valence-corrected chi connectivity index (χ1v) is 6.65.